The van der Waals surface area contributed by atoms with E-state index < -0.39 is 5.97 Å². The molecule has 0 aliphatic heterocycles. The van der Waals surface area contributed by atoms with Crippen LogP contribution < -0.4 is 15.4 Å². The molecule has 3 N–H and O–H groups in total. The number of carboxylic acids is 1. The van der Waals surface area contributed by atoms with Gasteiger partial charge in [-0.2, -0.15) is 0 Å². The van der Waals surface area contributed by atoms with Crippen LogP contribution in [0, 0.1) is 0 Å². The molecule has 3 aromatic rings. The first kappa shape index (κ1) is 21.9. The Balaban J connectivity index is 1.48. The van der Waals surface area contributed by atoms with Crippen molar-refractivity contribution in [2.75, 3.05) is 23.5 Å². The highest BCUT2D eigenvalue weighted by Gasteiger charge is 2.08. The normalized spacial score (nSPS) is 10.2. The zero-order valence-corrected chi connectivity index (χ0v) is 17.4. The first-order valence-electron chi connectivity index (χ1n) is 9.26. The number of nitrogens with one attached hydrogen (secondary N) is 2. The van der Waals surface area contributed by atoms with Crippen LogP contribution in [0.3, 0.4) is 0 Å². The monoisotopic (exact) mass is 436 g/mol. The number of benzene rings is 3. The standard InChI is InChI=1S/C23H20N2O5S/c1-30-19-10-4-15(5-11-19)22(27)25-18-8-12-20(13-9-18)31-14-21(26)24-17-6-2-16(3-7-17)23(28)29/h2-13H,14H2,1H3,(H,24,26)(H,25,27)(H,28,29). The molecule has 0 heterocycles. The van der Waals surface area contributed by atoms with Crippen LogP contribution in [0.15, 0.2) is 77.7 Å². The number of hydrogen-bond acceptors (Lipinski definition) is 5. The van der Waals surface area contributed by atoms with Gasteiger partial charge in [-0.3, -0.25) is 9.59 Å². The molecule has 0 saturated carbocycles. The summed E-state index contributed by atoms with van der Waals surface area (Å²) in [5.41, 5.74) is 1.86. The van der Waals surface area contributed by atoms with Gasteiger partial charge in [-0.15, -0.1) is 11.8 Å². The Hall–Kier alpha value is -3.78. The summed E-state index contributed by atoms with van der Waals surface area (Å²) in [6.07, 6.45) is 0. The fourth-order valence-corrected chi connectivity index (χ4v) is 3.32. The van der Waals surface area contributed by atoms with Crippen molar-refractivity contribution in [3.8, 4) is 5.75 Å². The lowest BCUT2D eigenvalue weighted by Crippen LogP contribution is -2.14. The molecule has 7 nitrogen and oxygen atoms in total. The molecule has 0 fully saturated rings. The Morgan fingerprint density at radius 3 is 1.94 bits per heavy atom. The van der Waals surface area contributed by atoms with Gasteiger partial charge in [-0.05, 0) is 72.8 Å². The molecule has 0 aromatic heterocycles. The Labute approximate surface area is 183 Å². The van der Waals surface area contributed by atoms with E-state index in [1.54, 1.807) is 55.6 Å². The lowest BCUT2D eigenvalue weighted by atomic mass is 10.2. The zero-order valence-electron chi connectivity index (χ0n) is 16.6. The van der Waals surface area contributed by atoms with E-state index in [1.807, 2.05) is 12.1 Å². The number of hydrogen-bond donors (Lipinski definition) is 3. The fraction of sp³-hybridized carbons (Fsp3) is 0.0870. The van der Waals surface area contributed by atoms with Gasteiger partial charge in [-0.25, -0.2) is 4.79 Å². The molecule has 0 atom stereocenters. The van der Waals surface area contributed by atoms with Gasteiger partial charge in [0.1, 0.15) is 5.75 Å². The number of anilines is 2. The van der Waals surface area contributed by atoms with Crippen LogP contribution in [0.25, 0.3) is 0 Å². The Morgan fingerprint density at radius 1 is 0.806 bits per heavy atom. The fourth-order valence-electron chi connectivity index (χ4n) is 2.62. The van der Waals surface area contributed by atoms with Crippen LogP contribution in [0.2, 0.25) is 0 Å². The molecular weight excluding hydrogens is 416 g/mol. The van der Waals surface area contributed by atoms with E-state index >= 15 is 0 Å². The Kier molecular flexibility index (Phi) is 7.29. The minimum Gasteiger partial charge on any atom is -0.497 e. The van der Waals surface area contributed by atoms with Gasteiger partial charge in [0, 0.05) is 21.8 Å². The third-order valence-corrected chi connectivity index (χ3v) is 5.26. The lowest BCUT2D eigenvalue weighted by Gasteiger charge is -2.08. The van der Waals surface area contributed by atoms with Crippen LogP contribution in [-0.4, -0.2) is 35.8 Å². The second-order valence-corrected chi connectivity index (χ2v) is 7.48. The van der Waals surface area contributed by atoms with Gasteiger partial charge < -0.3 is 20.5 Å². The molecule has 0 aliphatic rings. The molecule has 0 unspecified atom stereocenters. The number of methoxy groups -OCH3 is 1. The number of carbonyl (C=O) groups excluding carboxylic acids is 2. The molecule has 2 amide bonds. The maximum absolute atomic E-state index is 12.3. The lowest BCUT2D eigenvalue weighted by molar-refractivity contribution is -0.113. The molecule has 158 valence electrons. The van der Waals surface area contributed by atoms with Crippen molar-refractivity contribution in [1.82, 2.24) is 0 Å². The summed E-state index contributed by atoms with van der Waals surface area (Å²) in [5.74, 6) is -0.573. The van der Waals surface area contributed by atoms with Gasteiger partial charge in [0.05, 0.1) is 18.4 Å². The number of amides is 2. The second kappa shape index (κ2) is 10.3. The molecule has 0 radical (unpaired) electrons. The third-order valence-electron chi connectivity index (χ3n) is 4.25. The Morgan fingerprint density at radius 2 is 1.35 bits per heavy atom. The molecule has 31 heavy (non-hydrogen) atoms. The molecule has 0 bridgehead atoms. The number of aromatic carboxylic acids is 1. The first-order chi connectivity index (χ1) is 14.9. The van der Waals surface area contributed by atoms with Crippen molar-refractivity contribution in [3.05, 3.63) is 83.9 Å². The number of carboxylic acid groups (broad SMARTS) is 1. The highest BCUT2D eigenvalue weighted by molar-refractivity contribution is 8.00. The maximum Gasteiger partial charge on any atom is 0.335 e. The van der Waals surface area contributed by atoms with Crippen molar-refractivity contribution < 1.29 is 24.2 Å². The molecular formula is C23H20N2O5S. The summed E-state index contributed by atoms with van der Waals surface area (Å²) in [7, 11) is 1.57. The molecule has 0 aliphatic carbocycles. The molecule has 0 saturated heterocycles. The van der Waals surface area contributed by atoms with E-state index in [-0.39, 0.29) is 23.1 Å². The average molecular weight is 436 g/mol. The van der Waals surface area contributed by atoms with Crippen LogP contribution in [0.4, 0.5) is 11.4 Å². The van der Waals surface area contributed by atoms with E-state index in [0.717, 1.165) is 4.90 Å². The van der Waals surface area contributed by atoms with Crippen LogP contribution >= 0.6 is 11.8 Å². The SMILES string of the molecule is COc1ccc(C(=O)Nc2ccc(SCC(=O)Nc3ccc(C(=O)O)cc3)cc2)cc1. The van der Waals surface area contributed by atoms with Gasteiger partial charge in [0.2, 0.25) is 5.91 Å². The number of rotatable bonds is 8. The summed E-state index contributed by atoms with van der Waals surface area (Å²) in [6, 6.07) is 20.0. The summed E-state index contributed by atoms with van der Waals surface area (Å²) in [5, 5.41) is 14.4. The van der Waals surface area contributed by atoms with Crippen molar-refractivity contribution in [1.29, 1.82) is 0 Å². The number of carbonyl (C=O) groups is 3. The van der Waals surface area contributed by atoms with Crippen LogP contribution in [-0.2, 0) is 4.79 Å². The van der Waals surface area contributed by atoms with Gasteiger partial charge in [0.15, 0.2) is 0 Å². The van der Waals surface area contributed by atoms with E-state index in [2.05, 4.69) is 10.6 Å². The van der Waals surface area contributed by atoms with E-state index in [1.165, 1.54) is 23.9 Å². The first-order valence-corrected chi connectivity index (χ1v) is 10.2. The minimum absolute atomic E-state index is 0.159. The predicted octanol–water partition coefficient (Wildman–Crippen LogP) is 4.38. The van der Waals surface area contributed by atoms with Crippen molar-refractivity contribution in [2.24, 2.45) is 0 Å². The van der Waals surface area contributed by atoms with Crippen LogP contribution in [0.5, 0.6) is 5.75 Å². The van der Waals surface area contributed by atoms with E-state index in [0.29, 0.717) is 22.7 Å². The Bertz CT molecular complexity index is 1060. The summed E-state index contributed by atoms with van der Waals surface area (Å²) >= 11 is 1.35. The molecule has 0 spiro atoms. The topological polar surface area (TPSA) is 105 Å². The highest BCUT2D eigenvalue weighted by Crippen LogP contribution is 2.21. The number of ether oxygens (including phenoxy) is 1. The molecule has 8 heteroatoms. The van der Waals surface area contributed by atoms with E-state index in [4.69, 9.17) is 9.84 Å². The van der Waals surface area contributed by atoms with E-state index in [9.17, 15) is 14.4 Å². The van der Waals surface area contributed by atoms with Gasteiger partial charge >= 0.3 is 5.97 Å². The summed E-state index contributed by atoms with van der Waals surface area (Å²) in [6.45, 7) is 0. The van der Waals surface area contributed by atoms with Crippen molar-refractivity contribution in [3.63, 3.8) is 0 Å². The van der Waals surface area contributed by atoms with Crippen LogP contribution in [0.1, 0.15) is 20.7 Å². The van der Waals surface area contributed by atoms with Gasteiger partial charge in [0.25, 0.3) is 5.91 Å². The maximum atomic E-state index is 12.3. The van der Waals surface area contributed by atoms with Crippen molar-refractivity contribution in [2.45, 2.75) is 4.90 Å². The predicted molar refractivity (Wildman–Crippen MR) is 120 cm³/mol. The molecule has 3 rings (SSSR count). The summed E-state index contributed by atoms with van der Waals surface area (Å²) < 4.78 is 5.08. The zero-order chi connectivity index (χ0) is 22.2. The largest absolute Gasteiger partial charge is 0.497 e. The number of thioether (sulfide) groups is 1. The van der Waals surface area contributed by atoms with Crippen molar-refractivity contribution >= 4 is 40.9 Å². The smallest absolute Gasteiger partial charge is 0.335 e. The minimum atomic E-state index is -1.02. The van der Waals surface area contributed by atoms with Gasteiger partial charge in [-0.1, -0.05) is 0 Å². The molecule has 3 aromatic carbocycles. The summed E-state index contributed by atoms with van der Waals surface area (Å²) in [4.78, 5) is 36.1. The average Bonchev–Trinajstić information content (AvgIpc) is 2.79. The quantitative estimate of drug-likeness (QED) is 0.453. The third kappa shape index (κ3) is 6.35. The second-order valence-electron chi connectivity index (χ2n) is 6.43. The highest BCUT2D eigenvalue weighted by atomic mass is 32.2.